The minimum absolute atomic E-state index is 0. The highest BCUT2D eigenvalue weighted by atomic mass is 35.5. The summed E-state index contributed by atoms with van der Waals surface area (Å²) in [6.07, 6.45) is 9.71. The van der Waals surface area contributed by atoms with E-state index in [4.69, 9.17) is 11.6 Å². The zero-order valence-corrected chi connectivity index (χ0v) is 22.8. The lowest BCUT2D eigenvalue weighted by molar-refractivity contribution is -0.463. The summed E-state index contributed by atoms with van der Waals surface area (Å²) in [6, 6.07) is 8.25. The van der Waals surface area contributed by atoms with Gasteiger partial charge in [-0.2, -0.15) is 0 Å². The molecular weight excluding hydrogens is 485 g/mol. The Kier molecular flexibility index (Phi) is 20.1. The topological polar surface area (TPSA) is 40.7 Å². The van der Waals surface area contributed by atoms with E-state index < -0.39 is 0 Å². The van der Waals surface area contributed by atoms with Gasteiger partial charge in [-0.3, -0.25) is 0 Å². The first kappa shape index (κ1) is 31.8. The van der Waals surface area contributed by atoms with E-state index in [9.17, 15) is 5.11 Å². The van der Waals surface area contributed by atoms with Gasteiger partial charge >= 0.3 is 5.23 Å². The van der Waals surface area contributed by atoms with Crippen molar-refractivity contribution in [2.75, 3.05) is 51.6 Å². The van der Waals surface area contributed by atoms with E-state index in [1.165, 1.54) is 70.4 Å². The highest BCUT2D eigenvalue weighted by Gasteiger charge is 2.16. The quantitative estimate of drug-likeness (QED) is 0.207. The standard InChI is InChI=1S/C24H40ClN3OS.2ClH/c1-2-3-4-6-14-26-24(29)30-21-8-16-28-19-17-27(18-20-28)15-7-5-9-22-10-12-23(25)13-11-22;;/h10-13H,2-9,14-21H2,1H3,(H,26,29);2*1H/p+1. The molecule has 2 rings (SSSR count). The van der Waals surface area contributed by atoms with Crippen LogP contribution in [0.1, 0.15) is 57.4 Å². The summed E-state index contributed by atoms with van der Waals surface area (Å²) in [6.45, 7) is 10.2. The molecule has 1 saturated heterocycles. The first-order valence-electron chi connectivity index (χ1n) is 11.8. The lowest BCUT2D eigenvalue weighted by Gasteiger charge is -2.34. The van der Waals surface area contributed by atoms with Crippen LogP contribution in [0.4, 0.5) is 0 Å². The largest absolute Gasteiger partial charge is 0.455 e. The molecular formula is C24H43Cl3N3OS+. The maximum Gasteiger partial charge on any atom is 0.396 e. The Morgan fingerprint density at radius 3 is 2.16 bits per heavy atom. The fraction of sp³-hybridized carbons (Fsp3) is 0.708. The van der Waals surface area contributed by atoms with Gasteiger partial charge in [-0.15, -0.1) is 24.8 Å². The van der Waals surface area contributed by atoms with Crippen molar-refractivity contribution in [1.82, 2.24) is 9.80 Å². The number of nitrogens with zero attached hydrogens (tertiary/aromatic N) is 2. The van der Waals surface area contributed by atoms with Gasteiger partial charge in [-0.25, -0.2) is 4.99 Å². The average Bonchev–Trinajstić information content (AvgIpc) is 2.76. The molecule has 1 heterocycles. The monoisotopic (exact) mass is 526 g/mol. The molecule has 2 N–H and O–H groups in total. The van der Waals surface area contributed by atoms with E-state index in [0.29, 0.717) is 5.23 Å². The van der Waals surface area contributed by atoms with Crippen LogP contribution in [0.3, 0.4) is 0 Å². The second-order valence-electron chi connectivity index (χ2n) is 8.26. The third-order valence-corrected chi connectivity index (χ3v) is 6.89. The van der Waals surface area contributed by atoms with Crippen molar-refractivity contribution < 1.29 is 10.1 Å². The predicted octanol–water partition coefficient (Wildman–Crippen LogP) is 4.82. The molecule has 1 aliphatic heterocycles. The minimum atomic E-state index is 0. The molecule has 0 radical (unpaired) electrons. The van der Waals surface area contributed by atoms with Gasteiger partial charge in [0.2, 0.25) is 0 Å². The third kappa shape index (κ3) is 14.9. The minimum Gasteiger partial charge on any atom is -0.455 e. The van der Waals surface area contributed by atoms with Crippen molar-refractivity contribution >= 4 is 53.4 Å². The van der Waals surface area contributed by atoms with Gasteiger partial charge in [-0.05, 0) is 74.7 Å². The van der Waals surface area contributed by atoms with E-state index in [1.54, 1.807) is 11.8 Å². The molecule has 0 unspecified atom stereocenters. The van der Waals surface area contributed by atoms with Crippen molar-refractivity contribution in [2.45, 2.75) is 58.3 Å². The van der Waals surface area contributed by atoms with Gasteiger partial charge in [0.15, 0.2) is 0 Å². The van der Waals surface area contributed by atoms with Crippen LogP contribution < -0.4 is 4.99 Å². The van der Waals surface area contributed by atoms with Crippen molar-refractivity contribution in [3.8, 4) is 0 Å². The fourth-order valence-corrected chi connectivity index (χ4v) is 4.60. The number of rotatable bonds is 14. The van der Waals surface area contributed by atoms with Gasteiger partial charge < -0.3 is 14.9 Å². The summed E-state index contributed by atoms with van der Waals surface area (Å²) in [5.74, 6) is 0.985. The normalized spacial score (nSPS) is 15.2. The maximum absolute atomic E-state index is 9.91. The van der Waals surface area contributed by atoms with Crippen molar-refractivity contribution in [1.29, 1.82) is 0 Å². The number of unbranched alkanes of at least 4 members (excludes halogenated alkanes) is 4. The molecule has 4 nitrogen and oxygen atoms in total. The van der Waals surface area contributed by atoms with Crippen molar-refractivity contribution in [3.05, 3.63) is 34.9 Å². The Hall–Kier alpha value is -0.170. The number of thioether (sulfide) groups is 1. The van der Waals surface area contributed by atoms with E-state index in [-0.39, 0.29) is 24.8 Å². The van der Waals surface area contributed by atoms with Crippen LogP contribution in [0.15, 0.2) is 24.3 Å². The first-order chi connectivity index (χ1) is 14.7. The molecule has 1 aliphatic rings. The molecule has 0 aliphatic carbocycles. The third-order valence-electron chi connectivity index (χ3n) is 5.73. The summed E-state index contributed by atoms with van der Waals surface area (Å²) >= 11 is 7.50. The Balaban J connectivity index is 0.00000480. The fourth-order valence-electron chi connectivity index (χ4n) is 3.81. The number of halogens is 3. The van der Waals surface area contributed by atoms with Gasteiger partial charge in [0.25, 0.3) is 0 Å². The SMILES string of the molecule is CCCCCC[NH+]=C(O)SCCCN1CCN(CCCCc2ccc(Cl)cc2)CC1.Cl.Cl. The van der Waals surface area contributed by atoms with Crippen LogP contribution >= 0.6 is 48.2 Å². The molecule has 1 aromatic carbocycles. The molecule has 8 heteroatoms. The highest BCUT2D eigenvalue weighted by molar-refractivity contribution is 8.13. The number of piperazine rings is 1. The Bertz CT molecular complexity index is 597. The molecule has 32 heavy (non-hydrogen) atoms. The zero-order valence-electron chi connectivity index (χ0n) is 19.6. The Morgan fingerprint density at radius 1 is 0.906 bits per heavy atom. The maximum atomic E-state index is 9.91. The molecule has 186 valence electrons. The van der Waals surface area contributed by atoms with E-state index in [0.717, 1.165) is 43.1 Å². The van der Waals surface area contributed by atoms with Crippen LogP contribution in [0, 0.1) is 0 Å². The number of aliphatic hydroxyl groups is 1. The molecule has 0 aromatic heterocycles. The van der Waals surface area contributed by atoms with Crippen LogP contribution in [0.2, 0.25) is 5.02 Å². The number of hydrogen-bond donors (Lipinski definition) is 2. The Morgan fingerprint density at radius 2 is 1.53 bits per heavy atom. The molecule has 0 saturated carbocycles. The number of benzene rings is 1. The number of hydrogen-bond acceptors (Lipinski definition) is 3. The summed E-state index contributed by atoms with van der Waals surface area (Å²) < 4.78 is 0. The average molecular weight is 528 g/mol. The number of nitrogens with one attached hydrogen (secondary N) is 1. The van der Waals surface area contributed by atoms with Gasteiger partial charge in [0.1, 0.15) is 6.54 Å². The van der Waals surface area contributed by atoms with E-state index in [2.05, 4.69) is 33.8 Å². The molecule has 0 spiro atoms. The van der Waals surface area contributed by atoms with Gasteiger partial charge in [0.05, 0.1) is 0 Å². The van der Waals surface area contributed by atoms with Crippen LogP contribution in [-0.4, -0.2) is 71.7 Å². The van der Waals surface area contributed by atoms with Crippen molar-refractivity contribution in [2.24, 2.45) is 0 Å². The van der Waals surface area contributed by atoms with Crippen LogP contribution in [0.25, 0.3) is 0 Å². The van der Waals surface area contributed by atoms with E-state index >= 15 is 0 Å². The highest BCUT2D eigenvalue weighted by Crippen LogP contribution is 2.12. The van der Waals surface area contributed by atoms with Gasteiger partial charge in [-0.1, -0.05) is 43.5 Å². The van der Waals surface area contributed by atoms with E-state index in [1.807, 2.05) is 12.1 Å². The first-order valence-corrected chi connectivity index (χ1v) is 13.2. The molecule has 0 amide bonds. The summed E-state index contributed by atoms with van der Waals surface area (Å²) in [5.41, 5.74) is 1.39. The van der Waals surface area contributed by atoms with Crippen LogP contribution in [0.5, 0.6) is 0 Å². The number of aliphatic hydroxyl groups excluding tert-OH is 1. The second-order valence-corrected chi connectivity index (χ2v) is 9.78. The molecule has 0 atom stereocenters. The second kappa shape index (κ2) is 20.2. The zero-order chi connectivity index (χ0) is 21.4. The van der Waals surface area contributed by atoms with Crippen molar-refractivity contribution in [3.63, 3.8) is 0 Å². The summed E-state index contributed by atoms with van der Waals surface area (Å²) in [5, 5.41) is 11.1. The molecule has 0 bridgehead atoms. The Labute approximate surface area is 217 Å². The summed E-state index contributed by atoms with van der Waals surface area (Å²) in [4.78, 5) is 8.31. The summed E-state index contributed by atoms with van der Waals surface area (Å²) in [7, 11) is 0. The van der Waals surface area contributed by atoms with Crippen LogP contribution in [-0.2, 0) is 6.42 Å². The molecule has 1 aromatic rings. The number of aryl methyl sites for hydroxylation is 1. The lowest BCUT2D eigenvalue weighted by Crippen LogP contribution is -2.72. The lowest BCUT2D eigenvalue weighted by atomic mass is 10.1. The van der Waals surface area contributed by atoms with Gasteiger partial charge in [0, 0.05) is 43.4 Å². The smallest absolute Gasteiger partial charge is 0.396 e. The molecule has 1 fully saturated rings. The predicted molar refractivity (Wildman–Crippen MR) is 146 cm³/mol.